The number of hydrogen-bond donors (Lipinski definition) is 6. The lowest BCUT2D eigenvalue weighted by molar-refractivity contribution is -0.228. The van der Waals surface area contributed by atoms with Gasteiger partial charge < -0.3 is 30.6 Å². The second-order valence-corrected chi connectivity index (χ2v) is 8.65. The third kappa shape index (κ3) is 6.21. The predicted octanol–water partition coefficient (Wildman–Crippen LogP) is 1.53. The summed E-state index contributed by atoms with van der Waals surface area (Å²) in [6.45, 7) is 3.95. The Hall–Kier alpha value is -2.34. The Bertz CT molecular complexity index is 1020. The molecule has 10 heteroatoms. The molecule has 0 heterocycles. The van der Waals surface area contributed by atoms with E-state index in [2.05, 4.69) is 6.58 Å². The van der Waals surface area contributed by atoms with Gasteiger partial charge in [0, 0.05) is 12.8 Å². The van der Waals surface area contributed by atoms with Gasteiger partial charge in [0.25, 0.3) is 0 Å². The minimum atomic E-state index is -3.00. The Morgan fingerprint density at radius 3 is 1.79 bits per heavy atom. The first kappa shape index (κ1) is 27.9. The van der Waals surface area contributed by atoms with E-state index in [-0.39, 0.29) is 11.1 Å². The highest BCUT2D eigenvalue weighted by molar-refractivity contribution is 5.26. The van der Waals surface area contributed by atoms with Crippen molar-refractivity contribution in [2.45, 2.75) is 55.7 Å². The van der Waals surface area contributed by atoms with Crippen molar-refractivity contribution in [2.75, 3.05) is 6.61 Å². The van der Waals surface area contributed by atoms with E-state index in [4.69, 9.17) is 0 Å². The van der Waals surface area contributed by atoms with Gasteiger partial charge in [0.15, 0.2) is 0 Å². The molecule has 188 valence electrons. The van der Waals surface area contributed by atoms with Gasteiger partial charge in [-0.15, -0.1) is 6.58 Å². The molecule has 0 aliphatic rings. The van der Waals surface area contributed by atoms with E-state index in [1.165, 1.54) is 6.92 Å². The van der Waals surface area contributed by atoms with E-state index in [0.717, 1.165) is 30.3 Å². The van der Waals surface area contributed by atoms with Crippen molar-refractivity contribution in [3.8, 4) is 0 Å². The van der Waals surface area contributed by atoms with Crippen LogP contribution in [0.3, 0.4) is 0 Å². The molecule has 0 aliphatic carbocycles. The van der Waals surface area contributed by atoms with E-state index in [0.29, 0.717) is 6.07 Å². The molecule has 0 aromatic heterocycles. The fourth-order valence-electron chi connectivity index (χ4n) is 4.03. The van der Waals surface area contributed by atoms with Crippen LogP contribution in [0.4, 0.5) is 17.6 Å². The third-order valence-electron chi connectivity index (χ3n) is 5.64. The Morgan fingerprint density at radius 2 is 1.35 bits per heavy atom. The molecule has 0 bridgehead atoms. The quantitative estimate of drug-likeness (QED) is 0.211. The summed E-state index contributed by atoms with van der Waals surface area (Å²) >= 11 is 0. The van der Waals surface area contributed by atoms with E-state index in [9.17, 15) is 48.2 Å². The number of rotatable bonds is 11. The number of hydrogen-bond acceptors (Lipinski definition) is 6. The summed E-state index contributed by atoms with van der Waals surface area (Å²) < 4.78 is 56.1. The molecule has 2 aromatic rings. The van der Waals surface area contributed by atoms with Gasteiger partial charge >= 0.3 is 0 Å². The van der Waals surface area contributed by atoms with Crippen LogP contribution in [0.25, 0.3) is 0 Å². The maximum absolute atomic E-state index is 14.3. The van der Waals surface area contributed by atoms with Gasteiger partial charge in [0.2, 0.25) is 0 Å². The smallest absolute Gasteiger partial charge is 0.126 e. The highest BCUT2D eigenvalue weighted by atomic mass is 19.1. The van der Waals surface area contributed by atoms with E-state index < -0.39 is 84.2 Å². The van der Waals surface area contributed by atoms with Crippen LogP contribution in [-0.4, -0.2) is 66.8 Å². The number of halogens is 4. The highest BCUT2D eigenvalue weighted by Gasteiger charge is 2.54. The zero-order valence-electron chi connectivity index (χ0n) is 18.4. The lowest BCUT2D eigenvalue weighted by Gasteiger charge is -2.46. The monoisotopic (exact) mass is 488 g/mol. The van der Waals surface area contributed by atoms with Gasteiger partial charge in [-0.1, -0.05) is 5.57 Å². The summed E-state index contributed by atoms with van der Waals surface area (Å²) in [5.74, 6) is -3.73. The summed E-state index contributed by atoms with van der Waals surface area (Å²) in [6, 6.07) is 4.57. The van der Waals surface area contributed by atoms with Crippen LogP contribution in [-0.2, 0) is 12.8 Å². The molecule has 2 rings (SSSR count). The number of aliphatic hydroxyl groups excluding tert-OH is 4. The van der Waals surface area contributed by atoms with Crippen LogP contribution < -0.4 is 0 Å². The molecule has 0 amide bonds. The van der Waals surface area contributed by atoms with Crippen molar-refractivity contribution in [3.63, 3.8) is 0 Å². The lowest BCUT2D eigenvalue weighted by Crippen LogP contribution is -2.66. The summed E-state index contributed by atoms with van der Waals surface area (Å²) in [5, 5.41) is 63.7. The zero-order chi connectivity index (χ0) is 25.8. The molecule has 2 aromatic carbocycles. The summed E-state index contributed by atoms with van der Waals surface area (Å²) in [4.78, 5) is 0. The van der Waals surface area contributed by atoms with E-state index >= 15 is 0 Å². The molecule has 0 spiro atoms. The van der Waals surface area contributed by atoms with Gasteiger partial charge in [0.1, 0.15) is 52.8 Å². The maximum atomic E-state index is 14.3. The first-order valence-electron chi connectivity index (χ1n) is 10.4. The van der Waals surface area contributed by atoms with Crippen molar-refractivity contribution < 1.29 is 48.2 Å². The molecule has 34 heavy (non-hydrogen) atoms. The first-order chi connectivity index (χ1) is 15.7. The summed E-state index contributed by atoms with van der Waals surface area (Å²) in [7, 11) is 0. The van der Waals surface area contributed by atoms with Crippen molar-refractivity contribution in [1.82, 2.24) is 0 Å². The molecular weight excluding hydrogens is 460 g/mol. The second kappa shape index (κ2) is 10.9. The lowest BCUT2D eigenvalue weighted by atomic mass is 9.71. The summed E-state index contributed by atoms with van der Waals surface area (Å²) in [6.07, 6.45) is -9.24. The maximum Gasteiger partial charge on any atom is 0.126 e. The number of benzene rings is 2. The molecule has 6 N–H and O–H groups in total. The van der Waals surface area contributed by atoms with Crippen LogP contribution in [0, 0.1) is 23.3 Å². The largest absolute Gasteiger partial charge is 0.394 e. The topological polar surface area (TPSA) is 121 Å². The molecule has 0 fully saturated rings. The zero-order valence-corrected chi connectivity index (χ0v) is 18.4. The Kier molecular flexibility index (Phi) is 8.98. The fraction of sp³-hybridized carbons (Fsp3) is 0.417. The van der Waals surface area contributed by atoms with E-state index in [1.807, 2.05) is 0 Å². The molecule has 0 radical (unpaired) electrons. The Morgan fingerprint density at radius 1 is 0.882 bits per heavy atom. The fourth-order valence-corrected chi connectivity index (χ4v) is 4.03. The van der Waals surface area contributed by atoms with Gasteiger partial charge in [-0.3, -0.25) is 0 Å². The molecule has 0 saturated heterocycles. The van der Waals surface area contributed by atoms with Crippen LogP contribution in [0.1, 0.15) is 24.5 Å². The van der Waals surface area contributed by atoms with Crippen molar-refractivity contribution >= 4 is 0 Å². The van der Waals surface area contributed by atoms with Crippen molar-refractivity contribution in [1.29, 1.82) is 0 Å². The van der Waals surface area contributed by atoms with Gasteiger partial charge in [-0.05, 0) is 60.9 Å². The highest BCUT2D eigenvalue weighted by Crippen LogP contribution is 2.36. The normalized spacial score (nSPS) is 18.0. The van der Waals surface area contributed by atoms with Crippen LogP contribution in [0.15, 0.2) is 48.6 Å². The Balaban J connectivity index is 2.63. The average molecular weight is 488 g/mol. The third-order valence-corrected chi connectivity index (χ3v) is 5.64. The average Bonchev–Trinajstić information content (AvgIpc) is 2.76. The second-order valence-electron chi connectivity index (χ2n) is 8.65. The van der Waals surface area contributed by atoms with Crippen molar-refractivity contribution in [2.24, 2.45) is 0 Å². The van der Waals surface area contributed by atoms with Gasteiger partial charge in [0.05, 0.1) is 6.61 Å². The molecule has 0 aliphatic heterocycles. The SMILES string of the molecule is C=C(C)CC(O)(Cc1cc(F)ccc1F)[C@@H](O)[C@@](O)(Cc1cc(F)ccc1F)[C@H](O)[C@@H](O)CO. The Labute approximate surface area is 194 Å². The molecular formula is C24H28F4O6. The predicted molar refractivity (Wildman–Crippen MR) is 115 cm³/mol. The minimum Gasteiger partial charge on any atom is -0.394 e. The van der Waals surface area contributed by atoms with Gasteiger partial charge in [-0.2, -0.15) is 0 Å². The van der Waals surface area contributed by atoms with Crippen molar-refractivity contribution in [3.05, 3.63) is 82.9 Å². The summed E-state index contributed by atoms with van der Waals surface area (Å²) in [5.41, 5.74) is -6.21. The minimum absolute atomic E-state index is 0.231. The molecule has 0 saturated carbocycles. The molecule has 6 nitrogen and oxygen atoms in total. The van der Waals surface area contributed by atoms with Crippen LogP contribution in [0.2, 0.25) is 0 Å². The number of aliphatic hydroxyl groups is 6. The van der Waals surface area contributed by atoms with Gasteiger partial charge in [-0.25, -0.2) is 17.6 Å². The van der Waals surface area contributed by atoms with Crippen LogP contribution in [0.5, 0.6) is 0 Å². The first-order valence-corrected chi connectivity index (χ1v) is 10.4. The molecule has 5 atom stereocenters. The van der Waals surface area contributed by atoms with Crippen LogP contribution >= 0.6 is 0 Å². The molecule has 1 unspecified atom stereocenters. The van der Waals surface area contributed by atoms with E-state index in [1.54, 1.807) is 0 Å². The standard InChI is InChI=1S/C24H28F4O6/c1-13(2)9-23(33,10-14-7-16(25)3-5-18(14)27)22(32)24(34,21(31)20(30)12-29)11-15-8-17(26)4-6-19(15)28/h3-8,20-22,29-34H,1,9-12H2,2H3/t20-,21+,22+,23?,24+/m0/s1.